The van der Waals surface area contributed by atoms with Crippen molar-refractivity contribution in [3.05, 3.63) is 29.8 Å². The summed E-state index contributed by atoms with van der Waals surface area (Å²) in [7, 11) is 1.56. The highest BCUT2D eigenvalue weighted by Gasteiger charge is 2.34. The van der Waals surface area contributed by atoms with Crippen LogP contribution in [-0.4, -0.2) is 24.0 Å². The lowest BCUT2D eigenvalue weighted by atomic mass is 9.95. The lowest BCUT2D eigenvalue weighted by Gasteiger charge is -2.09. The summed E-state index contributed by atoms with van der Waals surface area (Å²) < 4.78 is 5.08. The number of ether oxygens (including phenoxy) is 1. The zero-order chi connectivity index (χ0) is 13.1. The van der Waals surface area contributed by atoms with Crippen molar-refractivity contribution in [3.8, 4) is 5.75 Å². The number of methoxy groups -OCH3 is 1. The van der Waals surface area contributed by atoms with Crippen LogP contribution in [0.4, 0.5) is 0 Å². The van der Waals surface area contributed by atoms with Crippen molar-refractivity contribution >= 4 is 11.8 Å². The molecule has 2 atom stereocenters. The topological polar surface area (TPSA) is 63.6 Å². The number of carbonyl (C=O) groups excluding carboxylic acids is 1. The third-order valence-electron chi connectivity index (χ3n) is 3.51. The molecule has 18 heavy (non-hydrogen) atoms. The van der Waals surface area contributed by atoms with Crippen molar-refractivity contribution in [1.82, 2.24) is 0 Å². The number of rotatable bonds is 4. The predicted octanol–water partition coefficient (Wildman–Crippen LogP) is 2.38. The molecule has 4 heteroatoms. The zero-order valence-corrected chi connectivity index (χ0v) is 10.3. The fourth-order valence-corrected chi connectivity index (χ4v) is 2.46. The van der Waals surface area contributed by atoms with Crippen LogP contribution in [0.25, 0.3) is 0 Å². The maximum atomic E-state index is 12.2. The Morgan fingerprint density at radius 3 is 2.61 bits per heavy atom. The molecule has 1 saturated carbocycles. The van der Waals surface area contributed by atoms with Gasteiger partial charge in [0.25, 0.3) is 0 Å². The largest absolute Gasteiger partial charge is 0.497 e. The SMILES string of the molecule is COc1cccc(C(=O)C2CCC(C(=O)O)C2)c1. The van der Waals surface area contributed by atoms with E-state index in [2.05, 4.69) is 0 Å². The van der Waals surface area contributed by atoms with E-state index in [-0.39, 0.29) is 17.6 Å². The van der Waals surface area contributed by atoms with E-state index in [4.69, 9.17) is 9.84 Å². The molecule has 0 spiro atoms. The summed E-state index contributed by atoms with van der Waals surface area (Å²) in [5.41, 5.74) is 0.602. The molecule has 1 aromatic carbocycles. The molecule has 1 fully saturated rings. The van der Waals surface area contributed by atoms with E-state index in [0.29, 0.717) is 30.6 Å². The van der Waals surface area contributed by atoms with Gasteiger partial charge in [-0.05, 0) is 31.4 Å². The van der Waals surface area contributed by atoms with Crippen molar-refractivity contribution < 1.29 is 19.4 Å². The molecule has 1 N–H and O–H groups in total. The van der Waals surface area contributed by atoms with Gasteiger partial charge in [0, 0.05) is 11.5 Å². The Kier molecular flexibility index (Phi) is 3.65. The Morgan fingerprint density at radius 1 is 1.28 bits per heavy atom. The lowest BCUT2D eigenvalue weighted by molar-refractivity contribution is -0.141. The van der Waals surface area contributed by atoms with Crippen LogP contribution in [0.1, 0.15) is 29.6 Å². The highest BCUT2D eigenvalue weighted by molar-refractivity contribution is 5.98. The highest BCUT2D eigenvalue weighted by Crippen LogP contribution is 2.33. The Hall–Kier alpha value is -1.84. The quantitative estimate of drug-likeness (QED) is 0.831. The van der Waals surface area contributed by atoms with Crippen LogP contribution in [0, 0.1) is 11.8 Å². The number of hydrogen-bond donors (Lipinski definition) is 1. The van der Waals surface area contributed by atoms with Gasteiger partial charge in [0.1, 0.15) is 5.75 Å². The molecule has 96 valence electrons. The Morgan fingerprint density at radius 2 is 2.00 bits per heavy atom. The molecule has 2 unspecified atom stereocenters. The van der Waals surface area contributed by atoms with Gasteiger partial charge in [0.15, 0.2) is 5.78 Å². The first-order chi connectivity index (χ1) is 8.61. The number of Topliss-reactive ketones (excluding diaryl/α,β-unsaturated/α-hetero) is 1. The van der Waals surface area contributed by atoms with Gasteiger partial charge in [-0.2, -0.15) is 0 Å². The van der Waals surface area contributed by atoms with E-state index < -0.39 is 5.97 Å². The van der Waals surface area contributed by atoms with Crippen LogP contribution in [0.3, 0.4) is 0 Å². The first-order valence-electron chi connectivity index (χ1n) is 6.03. The molecule has 1 aliphatic rings. The molecule has 4 nitrogen and oxygen atoms in total. The molecule has 0 saturated heterocycles. The van der Waals surface area contributed by atoms with Crippen LogP contribution in [0.15, 0.2) is 24.3 Å². The van der Waals surface area contributed by atoms with Gasteiger partial charge in [0.2, 0.25) is 0 Å². The summed E-state index contributed by atoms with van der Waals surface area (Å²) >= 11 is 0. The van der Waals surface area contributed by atoms with Crippen LogP contribution < -0.4 is 4.74 Å². The van der Waals surface area contributed by atoms with Crippen LogP contribution in [0.5, 0.6) is 5.75 Å². The summed E-state index contributed by atoms with van der Waals surface area (Å²) in [6.07, 6.45) is 1.70. The maximum Gasteiger partial charge on any atom is 0.306 e. The molecule has 0 radical (unpaired) electrons. The zero-order valence-electron chi connectivity index (χ0n) is 10.3. The summed E-state index contributed by atoms with van der Waals surface area (Å²) in [6, 6.07) is 7.01. The second-order valence-electron chi connectivity index (χ2n) is 4.64. The summed E-state index contributed by atoms with van der Waals surface area (Å²) in [6.45, 7) is 0. The second kappa shape index (κ2) is 5.21. The maximum absolute atomic E-state index is 12.2. The number of aliphatic carboxylic acids is 1. The van der Waals surface area contributed by atoms with Crippen molar-refractivity contribution in [1.29, 1.82) is 0 Å². The average molecular weight is 248 g/mol. The van der Waals surface area contributed by atoms with Gasteiger partial charge in [-0.15, -0.1) is 0 Å². The van der Waals surface area contributed by atoms with Crippen molar-refractivity contribution in [2.75, 3.05) is 7.11 Å². The summed E-state index contributed by atoms with van der Waals surface area (Å²) in [5.74, 6) is -0.662. The number of carboxylic acids is 1. The molecule has 0 aliphatic heterocycles. The first-order valence-corrected chi connectivity index (χ1v) is 6.03. The third kappa shape index (κ3) is 2.53. The standard InChI is InChI=1S/C14H16O4/c1-18-12-4-2-3-9(8-12)13(15)10-5-6-11(7-10)14(16)17/h2-4,8,10-11H,5-7H2,1H3,(H,16,17). The minimum atomic E-state index is -0.795. The van der Waals surface area contributed by atoms with Gasteiger partial charge in [-0.3, -0.25) is 9.59 Å². The Balaban J connectivity index is 2.10. The molecular weight excluding hydrogens is 232 g/mol. The van der Waals surface area contributed by atoms with Crippen molar-refractivity contribution in [2.45, 2.75) is 19.3 Å². The van der Waals surface area contributed by atoms with Crippen molar-refractivity contribution in [3.63, 3.8) is 0 Å². The highest BCUT2D eigenvalue weighted by atomic mass is 16.5. The van der Waals surface area contributed by atoms with Crippen LogP contribution in [-0.2, 0) is 4.79 Å². The van der Waals surface area contributed by atoms with E-state index in [0.717, 1.165) is 0 Å². The van der Waals surface area contributed by atoms with Gasteiger partial charge in [-0.1, -0.05) is 12.1 Å². The monoisotopic (exact) mass is 248 g/mol. The fourth-order valence-electron chi connectivity index (χ4n) is 2.46. The smallest absolute Gasteiger partial charge is 0.306 e. The molecule has 1 aliphatic carbocycles. The van der Waals surface area contributed by atoms with Crippen LogP contribution >= 0.6 is 0 Å². The van der Waals surface area contributed by atoms with E-state index in [1.54, 1.807) is 31.4 Å². The molecule has 0 bridgehead atoms. The molecule has 0 heterocycles. The van der Waals surface area contributed by atoms with Crippen LogP contribution in [0.2, 0.25) is 0 Å². The summed E-state index contributed by atoms with van der Waals surface area (Å²) in [5, 5.41) is 8.93. The minimum absolute atomic E-state index is 0.0256. The second-order valence-corrected chi connectivity index (χ2v) is 4.64. The van der Waals surface area contributed by atoms with Crippen molar-refractivity contribution in [2.24, 2.45) is 11.8 Å². The number of ketones is 1. The number of carbonyl (C=O) groups is 2. The number of hydrogen-bond acceptors (Lipinski definition) is 3. The third-order valence-corrected chi connectivity index (χ3v) is 3.51. The van der Waals surface area contributed by atoms with E-state index in [1.807, 2.05) is 0 Å². The number of carboxylic acid groups (broad SMARTS) is 1. The first kappa shape index (κ1) is 12.6. The molecule has 2 rings (SSSR count). The summed E-state index contributed by atoms with van der Waals surface area (Å²) in [4.78, 5) is 23.1. The molecule has 0 aromatic heterocycles. The molecular formula is C14H16O4. The molecule has 0 amide bonds. The predicted molar refractivity (Wildman–Crippen MR) is 65.8 cm³/mol. The Labute approximate surface area is 106 Å². The van der Waals surface area contributed by atoms with Gasteiger partial charge in [-0.25, -0.2) is 0 Å². The van der Waals surface area contributed by atoms with Gasteiger partial charge < -0.3 is 9.84 Å². The normalized spacial score (nSPS) is 22.7. The minimum Gasteiger partial charge on any atom is -0.497 e. The Bertz CT molecular complexity index is 467. The average Bonchev–Trinajstić information content (AvgIpc) is 2.87. The lowest BCUT2D eigenvalue weighted by Crippen LogP contribution is -2.14. The van der Waals surface area contributed by atoms with E-state index in [9.17, 15) is 9.59 Å². The van der Waals surface area contributed by atoms with Gasteiger partial charge >= 0.3 is 5.97 Å². The fraction of sp³-hybridized carbons (Fsp3) is 0.429. The van der Waals surface area contributed by atoms with Gasteiger partial charge in [0.05, 0.1) is 13.0 Å². The van der Waals surface area contributed by atoms with E-state index in [1.165, 1.54) is 0 Å². The van der Waals surface area contributed by atoms with E-state index >= 15 is 0 Å². The molecule has 1 aromatic rings. The number of benzene rings is 1.